The number of H-pyrrole nitrogens is 1. The summed E-state index contributed by atoms with van der Waals surface area (Å²) >= 11 is 0. The number of rotatable bonds is 9. The summed E-state index contributed by atoms with van der Waals surface area (Å²) in [6.45, 7) is 8.70. The smallest absolute Gasteiger partial charge is 0.355 e. The normalized spacial score (nSPS) is 13.8. The summed E-state index contributed by atoms with van der Waals surface area (Å²) in [5.74, 6) is -0.856. The SMILES string of the molecule is CCOC(=O)c1[nH]c(C)c(C(=O)CN(C)CC(=O)Nc2ccc(N3CCOCC3)cc2)c1C. The number of amides is 1. The molecule has 178 valence electrons. The Balaban J connectivity index is 1.54. The van der Waals surface area contributed by atoms with Crippen molar-refractivity contribution in [3.63, 3.8) is 0 Å². The minimum absolute atomic E-state index is 0.0468. The number of esters is 1. The van der Waals surface area contributed by atoms with E-state index in [9.17, 15) is 14.4 Å². The molecule has 0 unspecified atom stereocenters. The average molecular weight is 457 g/mol. The van der Waals surface area contributed by atoms with Crippen LogP contribution in [-0.2, 0) is 14.3 Å². The quantitative estimate of drug-likeness (QED) is 0.441. The Bertz CT molecular complexity index is 993. The average Bonchev–Trinajstić information content (AvgIpc) is 3.09. The third-order valence-electron chi connectivity index (χ3n) is 5.55. The number of Topliss-reactive ketones (excluding diaryl/α,β-unsaturated/α-hetero) is 1. The molecule has 9 nitrogen and oxygen atoms in total. The van der Waals surface area contributed by atoms with Gasteiger partial charge in [0.2, 0.25) is 5.91 Å². The first-order valence-electron chi connectivity index (χ1n) is 11.1. The van der Waals surface area contributed by atoms with Gasteiger partial charge in [0.05, 0.1) is 32.9 Å². The first-order valence-corrected chi connectivity index (χ1v) is 11.1. The fourth-order valence-electron chi connectivity index (χ4n) is 3.98. The van der Waals surface area contributed by atoms with Gasteiger partial charge in [0, 0.05) is 35.7 Å². The standard InChI is InChI=1S/C24H32N4O5/c1-5-33-24(31)23-16(2)22(17(3)25-23)20(29)14-27(4)15-21(30)26-18-6-8-19(9-7-18)28-10-12-32-13-11-28/h6-9,25H,5,10-15H2,1-4H3,(H,26,30). The van der Waals surface area contributed by atoms with E-state index in [-0.39, 0.29) is 31.4 Å². The van der Waals surface area contributed by atoms with Gasteiger partial charge in [-0.3, -0.25) is 14.5 Å². The van der Waals surface area contributed by atoms with E-state index < -0.39 is 5.97 Å². The molecule has 1 amide bonds. The molecule has 0 bridgehead atoms. The molecule has 0 saturated carbocycles. The molecule has 0 aliphatic carbocycles. The van der Waals surface area contributed by atoms with Crippen molar-refractivity contribution < 1.29 is 23.9 Å². The fourth-order valence-corrected chi connectivity index (χ4v) is 3.98. The van der Waals surface area contributed by atoms with Gasteiger partial charge in [0.15, 0.2) is 5.78 Å². The zero-order valence-corrected chi connectivity index (χ0v) is 19.7. The summed E-state index contributed by atoms with van der Waals surface area (Å²) in [6.07, 6.45) is 0. The Morgan fingerprint density at radius 3 is 2.42 bits per heavy atom. The summed E-state index contributed by atoms with van der Waals surface area (Å²) in [4.78, 5) is 44.2. The van der Waals surface area contributed by atoms with Gasteiger partial charge < -0.3 is 24.7 Å². The molecular weight excluding hydrogens is 424 g/mol. The van der Waals surface area contributed by atoms with Crippen LogP contribution in [0.2, 0.25) is 0 Å². The molecule has 1 fully saturated rings. The number of ether oxygens (including phenoxy) is 2. The molecule has 2 aromatic rings. The van der Waals surface area contributed by atoms with E-state index in [0.717, 1.165) is 32.0 Å². The Labute approximate surface area is 194 Å². The molecule has 1 saturated heterocycles. The molecule has 1 aliphatic heterocycles. The zero-order valence-electron chi connectivity index (χ0n) is 19.7. The third kappa shape index (κ3) is 6.21. The monoisotopic (exact) mass is 456 g/mol. The third-order valence-corrected chi connectivity index (χ3v) is 5.55. The number of nitrogens with zero attached hydrogens (tertiary/aromatic N) is 2. The fraction of sp³-hybridized carbons (Fsp3) is 0.458. The summed E-state index contributed by atoms with van der Waals surface area (Å²) in [5, 5.41) is 2.87. The molecule has 9 heteroatoms. The van der Waals surface area contributed by atoms with Gasteiger partial charge in [-0.1, -0.05) is 0 Å². The zero-order chi connectivity index (χ0) is 24.0. The molecule has 0 spiro atoms. The highest BCUT2D eigenvalue weighted by Gasteiger charge is 2.23. The highest BCUT2D eigenvalue weighted by molar-refractivity contribution is 6.03. The predicted octanol–water partition coefficient (Wildman–Crippen LogP) is 2.40. The van der Waals surface area contributed by atoms with Gasteiger partial charge in [-0.2, -0.15) is 0 Å². The lowest BCUT2D eigenvalue weighted by Crippen LogP contribution is -2.36. The van der Waals surface area contributed by atoms with Crippen LogP contribution in [0, 0.1) is 13.8 Å². The van der Waals surface area contributed by atoms with Crippen molar-refractivity contribution >= 4 is 29.0 Å². The maximum Gasteiger partial charge on any atom is 0.355 e. The van der Waals surface area contributed by atoms with Crippen LogP contribution in [0.3, 0.4) is 0 Å². The van der Waals surface area contributed by atoms with Crippen LogP contribution in [-0.4, -0.2) is 80.6 Å². The molecule has 33 heavy (non-hydrogen) atoms. The maximum absolute atomic E-state index is 12.9. The topological polar surface area (TPSA) is 104 Å². The second kappa shape index (κ2) is 11.1. The van der Waals surface area contributed by atoms with Crippen LogP contribution in [0.15, 0.2) is 24.3 Å². The van der Waals surface area contributed by atoms with E-state index in [4.69, 9.17) is 9.47 Å². The van der Waals surface area contributed by atoms with Gasteiger partial charge >= 0.3 is 5.97 Å². The predicted molar refractivity (Wildman–Crippen MR) is 126 cm³/mol. The number of morpholine rings is 1. The van der Waals surface area contributed by atoms with Gasteiger partial charge in [0.25, 0.3) is 0 Å². The second-order valence-electron chi connectivity index (χ2n) is 8.14. The van der Waals surface area contributed by atoms with E-state index in [1.807, 2.05) is 24.3 Å². The van der Waals surface area contributed by atoms with Crippen LogP contribution in [0.5, 0.6) is 0 Å². The number of benzene rings is 1. The van der Waals surface area contributed by atoms with Crippen LogP contribution in [0.4, 0.5) is 11.4 Å². The Morgan fingerprint density at radius 2 is 1.79 bits per heavy atom. The summed E-state index contributed by atoms with van der Waals surface area (Å²) < 4.78 is 10.4. The van der Waals surface area contributed by atoms with Crippen molar-refractivity contribution in [1.29, 1.82) is 0 Å². The molecule has 1 aromatic heterocycles. The molecular formula is C24H32N4O5. The van der Waals surface area contributed by atoms with Gasteiger partial charge in [-0.05, 0) is 57.6 Å². The summed E-state index contributed by atoms with van der Waals surface area (Å²) in [7, 11) is 1.71. The van der Waals surface area contributed by atoms with Crippen molar-refractivity contribution in [2.24, 2.45) is 0 Å². The number of anilines is 2. The van der Waals surface area contributed by atoms with E-state index in [1.54, 1.807) is 32.7 Å². The van der Waals surface area contributed by atoms with E-state index in [0.29, 0.717) is 28.2 Å². The van der Waals surface area contributed by atoms with Crippen molar-refractivity contribution in [3.05, 3.63) is 46.8 Å². The number of hydrogen-bond donors (Lipinski definition) is 2. The summed E-state index contributed by atoms with van der Waals surface area (Å²) in [5.41, 5.74) is 3.72. The molecule has 1 aromatic carbocycles. The summed E-state index contributed by atoms with van der Waals surface area (Å²) in [6, 6.07) is 7.70. The molecule has 3 rings (SSSR count). The highest BCUT2D eigenvalue weighted by Crippen LogP contribution is 2.21. The molecule has 1 aliphatic rings. The Kier molecular flexibility index (Phi) is 8.24. The van der Waals surface area contributed by atoms with Crippen molar-refractivity contribution in [2.75, 3.05) is 63.3 Å². The van der Waals surface area contributed by atoms with Crippen molar-refractivity contribution in [3.8, 4) is 0 Å². The van der Waals surface area contributed by atoms with E-state index in [1.165, 1.54) is 0 Å². The number of hydrogen-bond acceptors (Lipinski definition) is 7. The number of nitrogens with one attached hydrogen (secondary N) is 2. The lowest BCUT2D eigenvalue weighted by atomic mass is 10.1. The largest absolute Gasteiger partial charge is 0.461 e. The Morgan fingerprint density at radius 1 is 1.12 bits per heavy atom. The minimum atomic E-state index is -0.482. The van der Waals surface area contributed by atoms with Crippen LogP contribution in [0.1, 0.15) is 39.0 Å². The van der Waals surface area contributed by atoms with Crippen LogP contribution in [0.25, 0.3) is 0 Å². The Hall–Kier alpha value is -3.17. The number of carbonyl (C=O) groups is 3. The van der Waals surface area contributed by atoms with Gasteiger partial charge in [-0.15, -0.1) is 0 Å². The van der Waals surface area contributed by atoms with E-state index >= 15 is 0 Å². The number of likely N-dealkylation sites (N-methyl/N-ethyl adjacent to an activating group) is 1. The van der Waals surface area contributed by atoms with Gasteiger partial charge in [0.1, 0.15) is 5.69 Å². The second-order valence-corrected chi connectivity index (χ2v) is 8.14. The minimum Gasteiger partial charge on any atom is -0.461 e. The first-order chi connectivity index (χ1) is 15.8. The number of ketones is 1. The van der Waals surface area contributed by atoms with Crippen molar-refractivity contribution in [2.45, 2.75) is 20.8 Å². The van der Waals surface area contributed by atoms with Crippen LogP contribution < -0.4 is 10.2 Å². The molecule has 2 N–H and O–H groups in total. The molecule has 2 heterocycles. The highest BCUT2D eigenvalue weighted by atomic mass is 16.5. The lowest BCUT2D eigenvalue weighted by Gasteiger charge is -2.28. The molecule has 0 radical (unpaired) electrons. The maximum atomic E-state index is 12.9. The van der Waals surface area contributed by atoms with Crippen molar-refractivity contribution in [1.82, 2.24) is 9.88 Å². The number of carbonyl (C=O) groups excluding carboxylic acids is 3. The van der Waals surface area contributed by atoms with E-state index in [2.05, 4.69) is 15.2 Å². The number of aromatic amines is 1. The lowest BCUT2D eigenvalue weighted by molar-refractivity contribution is -0.116. The van der Waals surface area contributed by atoms with Crippen LogP contribution >= 0.6 is 0 Å². The number of aryl methyl sites for hydroxylation is 1. The van der Waals surface area contributed by atoms with Gasteiger partial charge in [-0.25, -0.2) is 4.79 Å². The number of aromatic nitrogens is 1. The first kappa shape index (κ1) is 24.5. The molecule has 0 atom stereocenters.